The highest BCUT2D eigenvalue weighted by Crippen LogP contribution is 2.39. The number of hydrogen-bond acceptors (Lipinski definition) is 5. The molecule has 54 heavy (non-hydrogen) atoms. The molecule has 0 amide bonds. The van der Waals surface area contributed by atoms with Gasteiger partial charge in [0.05, 0.1) is 17.7 Å². The molecule has 4 aromatic rings. The van der Waals surface area contributed by atoms with Crippen LogP contribution in [0.1, 0.15) is 123 Å². The van der Waals surface area contributed by atoms with Crippen LogP contribution in [-0.4, -0.2) is 40.3 Å². The van der Waals surface area contributed by atoms with Gasteiger partial charge in [0.2, 0.25) is 0 Å². The van der Waals surface area contributed by atoms with E-state index in [1.54, 1.807) is 36.4 Å². The highest BCUT2D eigenvalue weighted by Gasteiger charge is 2.31. The number of carboxylic acid groups (broad SMARTS) is 2. The van der Waals surface area contributed by atoms with Gasteiger partial charge < -0.3 is 14.9 Å². The summed E-state index contributed by atoms with van der Waals surface area (Å²) in [7, 11) is 0. The Labute approximate surface area is 313 Å². The van der Waals surface area contributed by atoms with Crippen molar-refractivity contribution in [3.63, 3.8) is 0 Å². The summed E-state index contributed by atoms with van der Waals surface area (Å²) in [6.45, 7) is 2.31. The molecule has 0 unspecified atom stereocenters. The van der Waals surface area contributed by atoms with Gasteiger partial charge in [-0.15, -0.1) is 0 Å². The van der Waals surface area contributed by atoms with Gasteiger partial charge in [0.1, 0.15) is 5.75 Å². The topological polar surface area (TPSA) is 118 Å². The number of carboxylic acids is 2. The van der Waals surface area contributed by atoms with E-state index in [9.17, 15) is 37.5 Å². The summed E-state index contributed by atoms with van der Waals surface area (Å²) >= 11 is 0. The number of rotatable bonds is 15. The number of aliphatic carboxylic acids is 1. The van der Waals surface area contributed by atoms with E-state index in [0.29, 0.717) is 41.5 Å². The van der Waals surface area contributed by atoms with Crippen molar-refractivity contribution in [3.8, 4) is 16.9 Å². The van der Waals surface area contributed by atoms with E-state index in [0.717, 1.165) is 54.5 Å². The van der Waals surface area contributed by atoms with E-state index >= 15 is 0 Å². The first kappa shape index (κ1) is 39.9. The summed E-state index contributed by atoms with van der Waals surface area (Å²) in [5.41, 5.74) is 7.41. The van der Waals surface area contributed by atoms with Crippen molar-refractivity contribution in [1.29, 1.82) is 0 Å². The maximum atomic E-state index is 13.0. The number of carbonyl (C=O) groups excluding carboxylic acids is 2. The molecule has 2 aliphatic rings. The first-order valence-electron chi connectivity index (χ1n) is 18.6. The molecule has 0 fully saturated rings. The molecule has 0 spiro atoms. The summed E-state index contributed by atoms with van der Waals surface area (Å²) in [6.07, 6.45) is 5.72. The molecule has 6 rings (SSSR count). The lowest BCUT2D eigenvalue weighted by Crippen LogP contribution is -2.06. The highest BCUT2D eigenvalue weighted by atomic mass is 19.4. The normalized spacial score (nSPS) is 13.3. The molecule has 2 aliphatic carbocycles. The van der Waals surface area contributed by atoms with E-state index in [2.05, 4.69) is 19.1 Å². The minimum atomic E-state index is -4.47. The Hall–Kier alpha value is -5.25. The number of ether oxygens (including phenoxy) is 1. The number of Topliss-reactive ketones (excluding diaryl/α,β-unsaturated/α-hetero) is 2. The molecule has 2 N–H and O–H groups in total. The van der Waals surface area contributed by atoms with E-state index in [4.69, 9.17) is 9.84 Å². The molecule has 0 aromatic heterocycles. The van der Waals surface area contributed by atoms with Crippen LogP contribution in [0.15, 0.2) is 72.8 Å². The van der Waals surface area contributed by atoms with Crippen LogP contribution in [0.25, 0.3) is 11.1 Å². The second kappa shape index (κ2) is 18.2. The summed E-state index contributed by atoms with van der Waals surface area (Å²) in [5.74, 6) is -1.33. The third-order valence-corrected chi connectivity index (χ3v) is 9.92. The minimum absolute atomic E-state index is 0.0315. The van der Waals surface area contributed by atoms with Crippen molar-refractivity contribution in [1.82, 2.24) is 0 Å². The van der Waals surface area contributed by atoms with Gasteiger partial charge in [-0.3, -0.25) is 14.4 Å². The molecular formula is C44H45F3O7. The Balaban J connectivity index is 0.000000208. The number of hydrogen-bond donors (Lipinski definition) is 2. The third-order valence-electron chi connectivity index (χ3n) is 9.92. The zero-order valence-electron chi connectivity index (χ0n) is 30.4. The van der Waals surface area contributed by atoms with Crippen molar-refractivity contribution in [2.75, 3.05) is 6.61 Å². The van der Waals surface area contributed by atoms with Gasteiger partial charge in [0.25, 0.3) is 0 Å². The summed E-state index contributed by atoms with van der Waals surface area (Å²) in [5, 5.41) is 17.9. The van der Waals surface area contributed by atoms with E-state index in [1.807, 2.05) is 6.07 Å². The van der Waals surface area contributed by atoms with Crippen molar-refractivity contribution in [2.45, 2.75) is 96.6 Å². The second-order valence-corrected chi connectivity index (χ2v) is 13.9. The molecule has 0 saturated heterocycles. The second-order valence-electron chi connectivity index (χ2n) is 13.9. The van der Waals surface area contributed by atoms with Crippen molar-refractivity contribution >= 4 is 23.5 Å². The van der Waals surface area contributed by atoms with Crippen LogP contribution >= 0.6 is 0 Å². The lowest BCUT2D eigenvalue weighted by atomic mass is 9.92. The molecule has 0 aliphatic heterocycles. The van der Waals surface area contributed by atoms with Gasteiger partial charge in [0.15, 0.2) is 11.6 Å². The number of benzene rings is 4. The fourth-order valence-corrected chi connectivity index (χ4v) is 7.02. The SMILES string of the molecule is CCCCCCc1cc2c(cc1CCc1cccc(C(=O)O)c1)C(=O)CC2.O=C(O)CCCOc1cc2c(cc1-c1cccc(C(F)(F)F)c1)CCC2=O. The van der Waals surface area contributed by atoms with E-state index in [-0.39, 0.29) is 36.8 Å². The number of ketones is 2. The van der Waals surface area contributed by atoms with E-state index < -0.39 is 23.7 Å². The lowest BCUT2D eigenvalue weighted by molar-refractivity contribution is -0.138. The minimum Gasteiger partial charge on any atom is -0.493 e. The molecule has 0 heterocycles. The number of carbonyl (C=O) groups is 4. The standard InChI is InChI=1S/C24H28O3.C20H17F3O4/c1-2-3-4-5-8-18-15-20-12-13-23(25)22(20)16-19(18)11-10-17-7-6-9-21(14-17)24(26)27;21-20(22,23)14-4-1-3-12(9-14)16-10-13-6-7-17(24)15(13)11-18(16)27-8-2-5-19(25)26/h6-7,9,14-16H,2-5,8,10-13H2,1H3,(H,26,27);1,3-4,9-11H,2,5-8H2,(H,25,26). The van der Waals surface area contributed by atoms with Crippen molar-refractivity contribution in [3.05, 3.63) is 123 Å². The Morgan fingerprint density at radius 3 is 2.07 bits per heavy atom. The van der Waals surface area contributed by atoms with Crippen LogP contribution in [0.2, 0.25) is 0 Å². The third kappa shape index (κ3) is 10.5. The summed E-state index contributed by atoms with van der Waals surface area (Å²) < 4.78 is 44.8. The van der Waals surface area contributed by atoms with Crippen LogP contribution in [0, 0.1) is 0 Å². The predicted molar refractivity (Wildman–Crippen MR) is 200 cm³/mol. The molecule has 4 aromatic carbocycles. The molecular weight excluding hydrogens is 697 g/mol. The Kier molecular flexibility index (Phi) is 13.5. The Bertz CT molecular complexity index is 2010. The first-order valence-corrected chi connectivity index (χ1v) is 18.6. The molecule has 0 radical (unpaired) electrons. The zero-order valence-corrected chi connectivity index (χ0v) is 30.4. The number of fused-ring (bicyclic) bond motifs is 2. The number of aromatic carboxylic acids is 1. The quantitative estimate of drug-likeness (QED) is 0.116. The van der Waals surface area contributed by atoms with Crippen LogP contribution in [0.5, 0.6) is 5.75 Å². The number of halogens is 3. The Morgan fingerprint density at radius 1 is 0.704 bits per heavy atom. The first-order chi connectivity index (χ1) is 25.8. The number of aryl methyl sites for hydroxylation is 5. The van der Waals surface area contributed by atoms with Gasteiger partial charge in [-0.2, -0.15) is 13.2 Å². The average Bonchev–Trinajstić information content (AvgIpc) is 3.70. The largest absolute Gasteiger partial charge is 0.493 e. The molecule has 284 valence electrons. The molecule has 10 heteroatoms. The number of unbranched alkanes of at least 4 members (excludes halogenated alkanes) is 3. The maximum Gasteiger partial charge on any atom is 0.416 e. The fraction of sp³-hybridized carbons (Fsp3) is 0.364. The highest BCUT2D eigenvalue weighted by molar-refractivity contribution is 6.02. The van der Waals surface area contributed by atoms with E-state index in [1.165, 1.54) is 48.4 Å². The van der Waals surface area contributed by atoms with Gasteiger partial charge in [-0.25, -0.2) is 4.79 Å². The molecule has 0 saturated carbocycles. The van der Waals surface area contributed by atoms with Crippen molar-refractivity contribution < 1.29 is 47.3 Å². The van der Waals surface area contributed by atoms with Crippen LogP contribution in [-0.2, 0) is 43.1 Å². The smallest absolute Gasteiger partial charge is 0.416 e. The van der Waals surface area contributed by atoms with Crippen LogP contribution in [0.4, 0.5) is 13.2 Å². The van der Waals surface area contributed by atoms with Gasteiger partial charge >= 0.3 is 18.1 Å². The van der Waals surface area contributed by atoms with Gasteiger partial charge in [-0.1, -0.05) is 56.5 Å². The summed E-state index contributed by atoms with van der Waals surface area (Å²) in [4.78, 5) is 45.9. The summed E-state index contributed by atoms with van der Waals surface area (Å²) in [6, 6.07) is 19.7. The van der Waals surface area contributed by atoms with Crippen molar-refractivity contribution in [2.24, 2.45) is 0 Å². The molecule has 7 nitrogen and oxygen atoms in total. The predicted octanol–water partition coefficient (Wildman–Crippen LogP) is 10.2. The van der Waals surface area contributed by atoms with Crippen LogP contribution < -0.4 is 4.74 Å². The average molecular weight is 743 g/mol. The molecule has 0 bridgehead atoms. The molecule has 0 atom stereocenters. The Morgan fingerprint density at radius 2 is 1.39 bits per heavy atom. The lowest BCUT2D eigenvalue weighted by Gasteiger charge is -2.15. The monoisotopic (exact) mass is 742 g/mol. The zero-order chi connectivity index (χ0) is 38.8. The van der Waals surface area contributed by atoms with Gasteiger partial charge in [-0.05, 0) is 121 Å². The number of alkyl halides is 3. The van der Waals surface area contributed by atoms with Gasteiger partial charge in [0, 0.05) is 36.0 Å². The fourth-order valence-electron chi connectivity index (χ4n) is 7.02. The van der Waals surface area contributed by atoms with Crippen LogP contribution in [0.3, 0.4) is 0 Å². The maximum absolute atomic E-state index is 13.0.